The van der Waals surface area contributed by atoms with Crippen LogP contribution in [0.25, 0.3) is 0 Å². The minimum Gasteiger partial charge on any atom is -0.496 e. The van der Waals surface area contributed by atoms with Gasteiger partial charge in [0.2, 0.25) is 0 Å². The lowest BCUT2D eigenvalue weighted by atomic mass is 10.2. The minimum atomic E-state index is 0.132. The molecule has 0 heterocycles. The van der Waals surface area contributed by atoms with E-state index in [1.165, 1.54) is 0 Å². The van der Waals surface area contributed by atoms with Gasteiger partial charge in [-0.3, -0.25) is 0 Å². The molecule has 19 heavy (non-hydrogen) atoms. The van der Waals surface area contributed by atoms with Gasteiger partial charge < -0.3 is 24.6 Å². The number of methoxy groups -OCH3 is 2. The van der Waals surface area contributed by atoms with Crippen molar-refractivity contribution >= 4 is 0 Å². The van der Waals surface area contributed by atoms with Crippen molar-refractivity contribution in [3.63, 3.8) is 0 Å². The van der Waals surface area contributed by atoms with E-state index in [0.717, 1.165) is 6.54 Å². The second kappa shape index (κ2) is 8.61. The predicted molar refractivity (Wildman–Crippen MR) is 74.2 cm³/mol. The van der Waals surface area contributed by atoms with Crippen LogP contribution in [0.3, 0.4) is 0 Å². The first-order chi connectivity index (χ1) is 9.23. The zero-order chi connectivity index (χ0) is 14.1. The lowest BCUT2D eigenvalue weighted by Gasteiger charge is -2.18. The molecule has 2 N–H and O–H groups in total. The van der Waals surface area contributed by atoms with Gasteiger partial charge in [0.25, 0.3) is 0 Å². The fourth-order valence-electron chi connectivity index (χ4n) is 1.75. The summed E-state index contributed by atoms with van der Waals surface area (Å²) in [5, 5.41) is 12.3. The van der Waals surface area contributed by atoms with Gasteiger partial charge in [-0.25, -0.2) is 0 Å². The first kappa shape index (κ1) is 15.6. The first-order valence-corrected chi connectivity index (χ1v) is 6.43. The Bertz CT molecular complexity index is 342. The number of rotatable bonds is 9. The Kier molecular flexibility index (Phi) is 7.07. The highest BCUT2D eigenvalue weighted by atomic mass is 16.5. The van der Waals surface area contributed by atoms with Crippen molar-refractivity contribution in [2.24, 2.45) is 0 Å². The summed E-state index contributed by atoms with van der Waals surface area (Å²) in [6.45, 7) is 3.50. The highest BCUT2D eigenvalue weighted by Crippen LogP contribution is 2.27. The van der Waals surface area contributed by atoms with Crippen molar-refractivity contribution in [3.05, 3.63) is 18.2 Å². The monoisotopic (exact) mass is 269 g/mol. The number of ether oxygens (including phenoxy) is 3. The number of nitrogens with one attached hydrogen (secondary N) is 1. The molecule has 5 nitrogen and oxygen atoms in total. The van der Waals surface area contributed by atoms with Crippen molar-refractivity contribution in [3.8, 4) is 17.2 Å². The largest absolute Gasteiger partial charge is 0.496 e. The number of likely N-dealkylation sites (N-methyl/N-ethyl adjacent to an activating group) is 1. The van der Waals surface area contributed by atoms with Gasteiger partial charge >= 0.3 is 0 Å². The van der Waals surface area contributed by atoms with Crippen LogP contribution in [-0.2, 0) is 0 Å². The summed E-state index contributed by atoms with van der Waals surface area (Å²) >= 11 is 0. The van der Waals surface area contributed by atoms with Gasteiger partial charge in [0.05, 0.1) is 14.2 Å². The molecule has 0 fully saturated rings. The van der Waals surface area contributed by atoms with Crippen molar-refractivity contribution in [2.45, 2.75) is 19.4 Å². The van der Waals surface area contributed by atoms with Gasteiger partial charge in [-0.1, -0.05) is 6.92 Å². The lowest BCUT2D eigenvalue weighted by Crippen LogP contribution is -2.35. The van der Waals surface area contributed by atoms with E-state index in [2.05, 4.69) is 5.32 Å². The summed E-state index contributed by atoms with van der Waals surface area (Å²) in [5.74, 6) is 2.07. The van der Waals surface area contributed by atoms with Crippen LogP contribution in [-0.4, -0.2) is 45.1 Å². The maximum absolute atomic E-state index is 8.99. The van der Waals surface area contributed by atoms with Crippen LogP contribution in [0.4, 0.5) is 0 Å². The first-order valence-electron chi connectivity index (χ1n) is 6.43. The molecule has 0 aliphatic heterocycles. The smallest absolute Gasteiger partial charge is 0.126 e. The molecule has 0 saturated carbocycles. The predicted octanol–water partition coefficient (Wildman–Crippen LogP) is 1.44. The van der Waals surface area contributed by atoms with Gasteiger partial charge in [0, 0.05) is 30.8 Å². The summed E-state index contributed by atoms with van der Waals surface area (Å²) in [4.78, 5) is 0. The molecular formula is C14H23NO4. The molecule has 1 unspecified atom stereocenters. The third kappa shape index (κ3) is 5.36. The summed E-state index contributed by atoms with van der Waals surface area (Å²) in [7, 11) is 3.21. The molecule has 1 aromatic carbocycles. The highest BCUT2D eigenvalue weighted by Gasteiger charge is 2.09. The fraction of sp³-hybridized carbons (Fsp3) is 0.571. The summed E-state index contributed by atoms with van der Waals surface area (Å²) in [6.07, 6.45) is 0.662. The number of hydrogen-bond donors (Lipinski definition) is 2. The number of benzene rings is 1. The van der Waals surface area contributed by atoms with E-state index in [9.17, 15) is 0 Å². The zero-order valence-electron chi connectivity index (χ0n) is 11.8. The average molecular weight is 269 g/mol. The topological polar surface area (TPSA) is 60.0 Å². The van der Waals surface area contributed by atoms with E-state index in [1.54, 1.807) is 20.3 Å². The molecule has 0 aromatic heterocycles. The van der Waals surface area contributed by atoms with Crippen molar-refractivity contribution in [2.75, 3.05) is 34.0 Å². The fourth-order valence-corrected chi connectivity index (χ4v) is 1.75. The van der Waals surface area contributed by atoms with E-state index >= 15 is 0 Å². The number of aliphatic hydroxyl groups is 1. The minimum absolute atomic E-state index is 0.132. The molecule has 0 radical (unpaired) electrons. The van der Waals surface area contributed by atoms with Gasteiger partial charge in [-0.2, -0.15) is 0 Å². The second-order valence-corrected chi connectivity index (χ2v) is 4.13. The molecule has 108 valence electrons. The Balaban J connectivity index is 2.64. The van der Waals surface area contributed by atoms with E-state index in [-0.39, 0.29) is 12.6 Å². The third-order valence-corrected chi connectivity index (χ3v) is 2.75. The second-order valence-electron chi connectivity index (χ2n) is 4.13. The summed E-state index contributed by atoms with van der Waals surface area (Å²) in [6, 6.07) is 5.55. The lowest BCUT2D eigenvalue weighted by molar-refractivity contribution is 0.214. The van der Waals surface area contributed by atoms with Crippen molar-refractivity contribution in [1.82, 2.24) is 5.32 Å². The Morgan fingerprint density at radius 3 is 2.16 bits per heavy atom. The van der Waals surface area contributed by atoms with Crippen LogP contribution >= 0.6 is 0 Å². The van der Waals surface area contributed by atoms with Crippen LogP contribution in [0.1, 0.15) is 13.3 Å². The molecule has 0 aliphatic carbocycles. The van der Waals surface area contributed by atoms with Gasteiger partial charge in [0.1, 0.15) is 23.9 Å². The van der Waals surface area contributed by atoms with Crippen LogP contribution in [0.15, 0.2) is 18.2 Å². The van der Waals surface area contributed by atoms with E-state index in [0.29, 0.717) is 30.3 Å². The summed E-state index contributed by atoms with van der Waals surface area (Å²) in [5.41, 5.74) is 0. The molecule has 0 aliphatic rings. The quantitative estimate of drug-likeness (QED) is 0.710. The van der Waals surface area contributed by atoms with Gasteiger partial charge in [-0.05, 0) is 13.0 Å². The number of hydrogen-bond acceptors (Lipinski definition) is 5. The maximum Gasteiger partial charge on any atom is 0.126 e. The Labute approximate surface area is 114 Å². The Hall–Kier alpha value is -1.46. The molecular weight excluding hydrogens is 246 g/mol. The van der Waals surface area contributed by atoms with E-state index in [4.69, 9.17) is 19.3 Å². The zero-order valence-corrected chi connectivity index (χ0v) is 11.8. The SMILES string of the molecule is CCNC(CCO)COc1cc(OC)cc(OC)c1. The molecule has 5 heteroatoms. The Morgan fingerprint density at radius 2 is 1.68 bits per heavy atom. The average Bonchev–Trinajstić information content (AvgIpc) is 2.44. The standard InChI is InChI=1S/C14H23NO4/c1-4-15-11(5-6-16)10-19-14-8-12(17-2)7-13(9-14)18-3/h7-9,11,15-16H,4-6,10H2,1-3H3. The van der Waals surface area contributed by atoms with E-state index in [1.807, 2.05) is 19.1 Å². The van der Waals surface area contributed by atoms with Crippen LogP contribution in [0.2, 0.25) is 0 Å². The van der Waals surface area contributed by atoms with Gasteiger partial charge in [0.15, 0.2) is 0 Å². The normalized spacial score (nSPS) is 12.0. The van der Waals surface area contributed by atoms with Crippen LogP contribution < -0.4 is 19.5 Å². The molecule has 0 bridgehead atoms. The summed E-state index contributed by atoms with van der Waals surface area (Å²) < 4.78 is 16.1. The Morgan fingerprint density at radius 1 is 1.11 bits per heavy atom. The van der Waals surface area contributed by atoms with Crippen molar-refractivity contribution < 1.29 is 19.3 Å². The molecule has 1 rings (SSSR count). The highest BCUT2D eigenvalue weighted by molar-refractivity contribution is 5.41. The molecule has 0 amide bonds. The molecule has 1 atom stereocenters. The maximum atomic E-state index is 8.99. The molecule has 1 aromatic rings. The third-order valence-electron chi connectivity index (χ3n) is 2.75. The molecule has 0 spiro atoms. The number of aliphatic hydroxyl groups excluding tert-OH is 1. The van der Waals surface area contributed by atoms with Crippen LogP contribution in [0.5, 0.6) is 17.2 Å². The van der Waals surface area contributed by atoms with Crippen molar-refractivity contribution in [1.29, 1.82) is 0 Å². The van der Waals surface area contributed by atoms with Gasteiger partial charge in [-0.15, -0.1) is 0 Å². The molecule has 0 saturated heterocycles. The van der Waals surface area contributed by atoms with E-state index < -0.39 is 0 Å². The van der Waals surface area contributed by atoms with Crippen LogP contribution in [0, 0.1) is 0 Å².